The average molecular weight is 586 g/mol. The highest BCUT2D eigenvalue weighted by Crippen LogP contribution is 2.39. The highest BCUT2D eigenvalue weighted by Gasteiger charge is 2.28. The number of nitrogens with one attached hydrogen (secondary N) is 1. The summed E-state index contributed by atoms with van der Waals surface area (Å²) in [6.45, 7) is 11.2. The molecule has 11 nitrogen and oxygen atoms in total. The van der Waals surface area contributed by atoms with Crippen LogP contribution >= 0.6 is 23.5 Å². The van der Waals surface area contributed by atoms with Crippen LogP contribution in [0.25, 0.3) is 0 Å². The van der Waals surface area contributed by atoms with Crippen molar-refractivity contribution in [3.8, 4) is 5.75 Å². The molecule has 0 spiro atoms. The number of piperazine rings is 1. The zero-order valence-electron chi connectivity index (χ0n) is 23.3. The Morgan fingerprint density at radius 1 is 1.05 bits per heavy atom. The summed E-state index contributed by atoms with van der Waals surface area (Å²) in [6, 6.07) is 5.83. The number of aliphatic imine (C=N–C) groups is 1. The minimum absolute atomic E-state index is 0.0382. The quantitative estimate of drug-likeness (QED) is 0.543. The number of hydrogen-bond acceptors (Lipinski definition) is 11. The Kier molecular flexibility index (Phi) is 9.01. The standard InChI is InChI=1S/C27H35N7O4S2/c1-17-13-21(37-4)20(26(36)34-7-5-32(6-8-34)19(3)35)14-22(17)39-25-16-28-27(40-25)31-23-15-24(30-18(2)29-23)33-9-11-38-12-10-33/h13-15,25H,5-12,16H2,1-4H3,(H,28,29,30,31). The van der Waals surface area contributed by atoms with Gasteiger partial charge in [-0.2, -0.15) is 0 Å². The zero-order valence-corrected chi connectivity index (χ0v) is 24.9. The van der Waals surface area contributed by atoms with Gasteiger partial charge in [0.1, 0.15) is 23.2 Å². The van der Waals surface area contributed by atoms with Crippen LogP contribution in [-0.4, -0.2) is 107 Å². The number of carbonyl (C=O) groups excluding carboxylic acids is 2. The van der Waals surface area contributed by atoms with E-state index in [1.54, 1.807) is 47.4 Å². The minimum Gasteiger partial charge on any atom is -0.496 e. The number of nitrogens with zero attached hydrogens (tertiary/aromatic N) is 6. The highest BCUT2D eigenvalue weighted by molar-refractivity contribution is 8.25. The molecule has 0 radical (unpaired) electrons. The maximum absolute atomic E-state index is 13.5. The molecule has 3 aliphatic rings. The number of hydrogen-bond donors (Lipinski definition) is 1. The average Bonchev–Trinajstić information content (AvgIpc) is 3.40. The van der Waals surface area contributed by atoms with Crippen LogP contribution in [0.4, 0.5) is 11.6 Å². The molecule has 0 aliphatic carbocycles. The van der Waals surface area contributed by atoms with Crippen molar-refractivity contribution in [2.45, 2.75) is 30.2 Å². The molecule has 1 atom stereocenters. The molecule has 2 aromatic rings. The maximum Gasteiger partial charge on any atom is 0.257 e. The molecule has 2 saturated heterocycles. The second kappa shape index (κ2) is 12.6. The molecule has 40 heavy (non-hydrogen) atoms. The molecule has 13 heteroatoms. The summed E-state index contributed by atoms with van der Waals surface area (Å²) in [4.78, 5) is 45.8. The normalized spacial score (nSPS) is 19.4. The summed E-state index contributed by atoms with van der Waals surface area (Å²) >= 11 is 3.35. The molecule has 1 aromatic carbocycles. The van der Waals surface area contributed by atoms with Gasteiger partial charge in [0.25, 0.3) is 5.91 Å². The first-order chi connectivity index (χ1) is 19.3. The molecule has 2 amide bonds. The number of methoxy groups -OCH3 is 1. The third-order valence-electron chi connectivity index (χ3n) is 7.02. The molecule has 4 heterocycles. The largest absolute Gasteiger partial charge is 0.496 e. The molecular formula is C27H35N7O4S2. The fourth-order valence-electron chi connectivity index (χ4n) is 4.83. The van der Waals surface area contributed by atoms with Gasteiger partial charge in [-0.25, -0.2) is 9.97 Å². The third-order valence-corrected chi connectivity index (χ3v) is 9.57. The Hall–Kier alpha value is -3.03. The van der Waals surface area contributed by atoms with E-state index >= 15 is 0 Å². The minimum atomic E-state index is -0.0743. The van der Waals surface area contributed by atoms with Crippen LogP contribution in [0, 0.1) is 13.8 Å². The van der Waals surface area contributed by atoms with Gasteiger partial charge in [-0.3, -0.25) is 14.6 Å². The fourth-order valence-corrected chi connectivity index (χ4v) is 7.18. The zero-order chi connectivity index (χ0) is 28.2. The lowest BCUT2D eigenvalue weighted by atomic mass is 10.1. The first kappa shape index (κ1) is 28.5. The van der Waals surface area contributed by atoms with Gasteiger partial charge in [0, 0.05) is 57.2 Å². The van der Waals surface area contributed by atoms with Gasteiger partial charge in [-0.15, -0.1) is 11.8 Å². The van der Waals surface area contributed by atoms with Gasteiger partial charge in [-0.05, 0) is 31.5 Å². The number of rotatable bonds is 6. The van der Waals surface area contributed by atoms with E-state index < -0.39 is 0 Å². The number of anilines is 2. The van der Waals surface area contributed by atoms with Gasteiger partial charge in [0.15, 0.2) is 5.17 Å². The van der Waals surface area contributed by atoms with Gasteiger partial charge in [0.05, 0.1) is 37.0 Å². The number of morpholine rings is 1. The number of amidine groups is 1. The van der Waals surface area contributed by atoms with Crippen molar-refractivity contribution in [1.29, 1.82) is 0 Å². The topological polar surface area (TPSA) is 112 Å². The van der Waals surface area contributed by atoms with Crippen molar-refractivity contribution in [2.24, 2.45) is 4.99 Å². The third kappa shape index (κ3) is 6.64. The van der Waals surface area contributed by atoms with Crippen molar-refractivity contribution in [3.05, 3.63) is 35.2 Å². The van der Waals surface area contributed by atoms with Crippen LogP contribution in [0.5, 0.6) is 5.75 Å². The molecule has 0 bridgehead atoms. The fraction of sp³-hybridized carbons (Fsp3) is 0.519. The van der Waals surface area contributed by atoms with Crippen molar-refractivity contribution < 1.29 is 19.1 Å². The molecule has 1 N–H and O–H groups in total. The number of carbonyl (C=O) groups is 2. The molecule has 3 aliphatic heterocycles. The number of aromatic nitrogens is 2. The number of aryl methyl sites for hydroxylation is 2. The van der Waals surface area contributed by atoms with Gasteiger partial charge < -0.3 is 29.5 Å². The van der Waals surface area contributed by atoms with Crippen molar-refractivity contribution in [1.82, 2.24) is 19.8 Å². The van der Waals surface area contributed by atoms with Gasteiger partial charge in [-0.1, -0.05) is 11.8 Å². The SMILES string of the molecule is COc1cc(C)c(SC2CN=C(Nc3cc(N4CCOCC4)nc(C)n3)S2)cc1C(=O)N1CCN(C(C)=O)CC1. The monoisotopic (exact) mass is 585 g/mol. The summed E-state index contributed by atoms with van der Waals surface area (Å²) in [5.74, 6) is 2.85. The van der Waals surface area contributed by atoms with Gasteiger partial charge >= 0.3 is 0 Å². The number of thioether (sulfide) groups is 2. The lowest BCUT2D eigenvalue weighted by Gasteiger charge is -2.34. The summed E-state index contributed by atoms with van der Waals surface area (Å²) in [6.07, 6.45) is 0. The molecule has 0 saturated carbocycles. The second-order valence-corrected chi connectivity index (χ2v) is 12.5. The maximum atomic E-state index is 13.5. The summed E-state index contributed by atoms with van der Waals surface area (Å²) in [5, 5.41) is 4.19. The lowest BCUT2D eigenvalue weighted by molar-refractivity contribution is -0.130. The molecule has 5 rings (SSSR count). The smallest absolute Gasteiger partial charge is 0.257 e. The summed E-state index contributed by atoms with van der Waals surface area (Å²) in [5.41, 5.74) is 1.59. The predicted molar refractivity (Wildman–Crippen MR) is 159 cm³/mol. The van der Waals surface area contributed by atoms with Crippen molar-refractivity contribution in [3.63, 3.8) is 0 Å². The Morgan fingerprint density at radius 3 is 2.48 bits per heavy atom. The molecule has 2 fully saturated rings. The molecule has 214 valence electrons. The summed E-state index contributed by atoms with van der Waals surface area (Å²) < 4.78 is 11.2. The first-order valence-corrected chi connectivity index (χ1v) is 15.1. The Labute approximate surface area is 243 Å². The van der Waals surface area contributed by atoms with Crippen LogP contribution in [0.1, 0.15) is 28.7 Å². The Morgan fingerprint density at radius 2 is 1.77 bits per heavy atom. The van der Waals surface area contributed by atoms with Crippen LogP contribution in [0.3, 0.4) is 0 Å². The van der Waals surface area contributed by atoms with Crippen LogP contribution in [0.2, 0.25) is 0 Å². The first-order valence-electron chi connectivity index (χ1n) is 13.4. The summed E-state index contributed by atoms with van der Waals surface area (Å²) in [7, 11) is 1.59. The lowest BCUT2D eigenvalue weighted by Crippen LogP contribution is -2.50. The van der Waals surface area contributed by atoms with E-state index in [1.165, 1.54) is 0 Å². The van der Waals surface area contributed by atoms with Crippen LogP contribution in [-0.2, 0) is 9.53 Å². The van der Waals surface area contributed by atoms with E-state index in [0.29, 0.717) is 63.1 Å². The number of benzene rings is 1. The van der Waals surface area contributed by atoms with Crippen molar-refractivity contribution >= 4 is 52.1 Å². The molecule has 1 aromatic heterocycles. The van der Waals surface area contributed by atoms with Crippen molar-refractivity contribution in [2.75, 3.05) is 76.4 Å². The second-order valence-electron chi connectivity index (χ2n) is 9.81. The Bertz CT molecular complexity index is 1290. The Balaban J connectivity index is 1.23. The van der Waals surface area contributed by atoms with E-state index in [0.717, 1.165) is 40.4 Å². The molecular weight excluding hydrogens is 550 g/mol. The molecule has 1 unspecified atom stereocenters. The van der Waals surface area contributed by atoms with E-state index in [9.17, 15) is 9.59 Å². The van der Waals surface area contributed by atoms with E-state index in [-0.39, 0.29) is 16.4 Å². The van der Waals surface area contributed by atoms with E-state index in [4.69, 9.17) is 14.5 Å². The van der Waals surface area contributed by atoms with Gasteiger partial charge in [0.2, 0.25) is 5.91 Å². The number of ether oxygens (including phenoxy) is 2. The van der Waals surface area contributed by atoms with E-state index in [2.05, 4.69) is 20.2 Å². The van der Waals surface area contributed by atoms with E-state index in [1.807, 2.05) is 32.0 Å². The van der Waals surface area contributed by atoms with Crippen LogP contribution < -0.4 is 15.0 Å². The van der Waals surface area contributed by atoms with Crippen LogP contribution in [0.15, 0.2) is 28.1 Å². The number of amides is 2. The highest BCUT2D eigenvalue weighted by atomic mass is 32.2. The predicted octanol–water partition coefficient (Wildman–Crippen LogP) is 2.88.